The molecule has 152 valence electrons. The second kappa shape index (κ2) is 8.57. The maximum absolute atomic E-state index is 12.7. The summed E-state index contributed by atoms with van der Waals surface area (Å²) in [4.78, 5) is 26.9. The molecule has 1 saturated heterocycles. The van der Waals surface area contributed by atoms with Crippen molar-refractivity contribution in [2.75, 3.05) is 33.0 Å². The summed E-state index contributed by atoms with van der Waals surface area (Å²) < 4.78 is 22.2. The van der Waals surface area contributed by atoms with E-state index >= 15 is 0 Å². The van der Waals surface area contributed by atoms with Gasteiger partial charge in [0.2, 0.25) is 0 Å². The first-order valence-electron chi connectivity index (χ1n) is 9.81. The van der Waals surface area contributed by atoms with E-state index in [4.69, 9.17) is 30.5 Å². The van der Waals surface area contributed by atoms with Gasteiger partial charge in [-0.05, 0) is 25.0 Å². The Bertz CT molecular complexity index is 752. The Morgan fingerprint density at radius 1 is 1.11 bits per heavy atom. The Morgan fingerprint density at radius 3 is 2.82 bits per heavy atom. The van der Waals surface area contributed by atoms with Crippen molar-refractivity contribution in [2.45, 2.75) is 44.2 Å². The second-order valence-corrected chi connectivity index (χ2v) is 7.67. The van der Waals surface area contributed by atoms with Gasteiger partial charge in [-0.15, -0.1) is 0 Å². The van der Waals surface area contributed by atoms with Crippen LogP contribution in [0.2, 0.25) is 5.02 Å². The summed E-state index contributed by atoms with van der Waals surface area (Å²) in [5, 5.41) is 0.288. The van der Waals surface area contributed by atoms with E-state index in [1.54, 1.807) is 6.07 Å². The molecule has 0 spiro atoms. The fourth-order valence-corrected chi connectivity index (χ4v) is 4.31. The van der Waals surface area contributed by atoms with Gasteiger partial charge < -0.3 is 23.8 Å². The van der Waals surface area contributed by atoms with Crippen LogP contribution in [0.3, 0.4) is 0 Å². The smallest absolute Gasteiger partial charge is 0.338 e. The summed E-state index contributed by atoms with van der Waals surface area (Å²) in [6, 6.07) is 3.11. The van der Waals surface area contributed by atoms with Gasteiger partial charge in [0.05, 0.1) is 42.6 Å². The van der Waals surface area contributed by atoms with Crippen LogP contribution >= 0.6 is 11.6 Å². The number of nitrogens with zero attached hydrogens (tertiary/aromatic N) is 1. The number of fused-ring (bicyclic) bond motifs is 2. The van der Waals surface area contributed by atoms with Crippen molar-refractivity contribution in [1.82, 2.24) is 4.90 Å². The normalized spacial score (nSPS) is 24.1. The average molecular weight is 410 g/mol. The van der Waals surface area contributed by atoms with Crippen molar-refractivity contribution in [1.29, 1.82) is 0 Å². The van der Waals surface area contributed by atoms with E-state index in [9.17, 15) is 9.59 Å². The molecule has 1 aliphatic carbocycles. The summed E-state index contributed by atoms with van der Waals surface area (Å²) >= 11 is 6.22. The first kappa shape index (κ1) is 19.3. The zero-order chi connectivity index (χ0) is 19.5. The molecule has 2 fully saturated rings. The van der Waals surface area contributed by atoms with E-state index < -0.39 is 5.97 Å². The summed E-state index contributed by atoms with van der Waals surface area (Å²) in [6.45, 7) is 1.76. The third kappa shape index (κ3) is 4.05. The quantitative estimate of drug-likeness (QED) is 0.715. The lowest BCUT2D eigenvalue weighted by Crippen LogP contribution is -2.55. The first-order chi connectivity index (χ1) is 13.6. The fourth-order valence-electron chi connectivity index (χ4n) is 4.05. The summed E-state index contributed by atoms with van der Waals surface area (Å²) in [7, 11) is 0. The minimum atomic E-state index is -0.612. The van der Waals surface area contributed by atoms with Gasteiger partial charge in [0.15, 0.2) is 18.1 Å². The third-order valence-corrected chi connectivity index (χ3v) is 5.70. The molecule has 8 heteroatoms. The van der Waals surface area contributed by atoms with Crippen molar-refractivity contribution in [3.63, 3.8) is 0 Å². The fraction of sp³-hybridized carbons (Fsp3) is 0.600. The Balaban J connectivity index is 1.39. The number of amides is 1. The highest BCUT2D eigenvalue weighted by Gasteiger charge is 2.36. The van der Waals surface area contributed by atoms with E-state index in [1.165, 1.54) is 6.07 Å². The van der Waals surface area contributed by atoms with E-state index in [1.807, 2.05) is 4.90 Å². The molecule has 4 rings (SSSR count). The van der Waals surface area contributed by atoms with Crippen LogP contribution in [-0.4, -0.2) is 61.9 Å². The van der Waals surface area contributed by atoms with Crippen LogP contribution in [-0.2, 0) is 14.3 Å². The monoisotopic (exact) mass is 409 g/mol. The molecule has 2 aliphatic heterocycles. The number of rotatable bonds is 3. The molecule has 28 heavy (non-hydrogen) atoms. The van der Waals surface area contributed by atoms with Gasteiger partial charge >= 0.3 is 5.97 Å². The Kier molecular flexibility index (Phi) is 5.92. The zero-order valence-electron chi connectivity index (χ0n) is 15.7. The van der Waals surface area contributed by atoms with E-state index in [2.05, 4.69) is 0 Å². The number of benzene rings is 1. The molecule has 1 aromatic carbocycles. The molecule has 2 heterocycles. The number of ether oxygens (including phenoxy) is 4. The van der Waals surface area contributed by atoms with Crippen molar-refractivity contribution >= 4 is 23.5 Å². The van der Waals surface area contributed by atoms with E-state index in [0.717, 1.165) is 32.1 Å². The summed E-state index contributed by atoms with van der Waals surface area (Å²) in [5.41, 5.74) is 0.236. The number of halogens is 1. The topological polar surface area (TPSA) is 74.3 Å². The highest BCUT2D eigenvalue weighted by atomic mass is 35.5. The van der Waals surface area contributed by atoms with Gasteiger partial charge in [-0.25, -0.2) is 4.79 Å². The molecule has 0 aromatic heterocycles. The standard InChI is InChI=1S/C20H24ClNO6/c21-14-10-13(11-17-19(14)27-8-3-7-25-17)20(24)28-12-18(23)22-6-9-26-16-5-2-1-4-15(16)22/h10-11,15-16H,1-9,12H2. The van der Waals surface area contributed by atoms with Crippen LogP contribution in [0.5, 0.6) is 11.5 Å². The van der Waals surface area contributed by atoms with Crippen LogP contribution < -0.4 is 9.47 Å². The molecule has 1 aromatic rings. The summed E-state index contributed by atoms with van der Waals surface area (Å²) in [5.74, 6) is 0.0540. The van der Waals surface area contributed by atoms with Gasteiger partial charge in [-0.2, -0.15) is 0 Å². The minimum Gasteiger partial charge on any atom is -0.489 e. The van der Waals surface area contributed by atoms with Gasteiger partial charge in [-0.3, -0.25) is 4.79 Å². The van der Waals surface area contributed by atoms with Gasteiger partial charge in [-0.1, -0.05) is 24.4 Å². The maximum Gasteiger partial charge on any atom is 0.338 e. The molecular formula is C20H24ClNO6. The number of carbonyl (C=O) groups excluding carboxylic acids is 2. The molecule has 2 unspecified atom stereocenters. The number of morpholine rings is 1. The Morgan fingerprint density at radius 2 is 1.93 bits per heavy atom. The van der Waals surface area contributed by atoms with E-state index in [-0.39, 0.29) is 35.2 Å². The molecular weight excluding hydrogens is 386 g/mol. The lowest BCUT2D eigenvalue weighted by atomic mass is 9.90. The molecule has 3 aliphatic rings. The van der Waals surface area contributed by atoms with Crippen molar-refractivity contribution in [2.24, 2.45) is 0 Å². The molecule has 0 N–H and O–H groups in total. The van der Waals surface area contributed by atoms with Crippen LogP contribution in [0.4, 0.5) is 0 Å². The first-order valence-corrected chi connectivity index (χ1v) is 10.2. The average Bonchev–Trinajstić information content (AvgIpc) is 2.97. The molecule has 0 radical (unpaired) electrons. The predicted octanol–water partition coefficient (Wildman–Crippen LogP) is 2.83. The SMILES string of the molecule is O=C(OCC(=O)N1CCOC2CCCCC21)c1cc(Cl)c2c(c1)OCCCO2. The molecule has 7 nitrogen and oxygen atoms in total. The van der Waals surface area contributed by atoms with Gasteiger partial charge in [0, 0.05) is 13.0 Å². The Labute approximate surface area is 168 Å². The predicted molar refractivity (Wildman–Crippen MR) is 101 cm³/mol. The van der Waals surface area contributed by atoms with Crippen molar-refractivity contribution < 1.29 is 28.5 Å². The lowest BCUT2D eigenvalue weighted by molar-refractivity contribution is -0.152. The summed E-state index contributed by atoms with van der Waals surface area (Å²) in [6.07, 6.45) is 4.96. The van der Waals surface area contributed by atoms with Crippen molar-refractivity contribution in [3.8, 4) is 11.5 Å². The van der Waals surface area contributed by atoms with Crippen LogP contribution in [0.1, 0.15) is 42.5 Å². The number of esters is 1. The molecule has 1 amide bonds. The Hall–Kier alpha value is -1.99. The maximum atomic E-state index is 12.7. The van der Waals surface area contributed by atoms with Crippen molar-refractivity contribution in [3.05, 3.63) is 22.7 Å². The molecule has 2 atom stereocenters. The van der Waals surface area contributed by atoms with E-state index in [0.29, 0.717) is 37.9 Å². The van der Waals surface area contributed by atoms with Gasteiger partial charge in [0.1, 0.15) is 0 Å². The number of hydrogen-bond donors (Lipinski definition) is 0. The highest BCUT2D eigenvalue weighted by molar-refractivity contribution is 6.32. The van der Waals surface area contributed by atoms with Crippen LogP contribution in [0.15, 0.2) is 12.1 Å². The minimum absolute atomic E-state index is 0.0844. The highest BCUT2D eigenvalue weighted by Crippen LogP contribution is 2.38. The second-order valence-electron chi connectivity index (χ2n) is 7.26. The zero-order valence-corrected chi connectivity index (χ0v) is 16.4. The van der Waals surface area contributed by atoms with Gasteiger partial charge in [0.25, 0.3) is 5.91 Å². The number of carbonyl (C=O) groups is 2. The molecule has 0 bridgehead atoms. The molecule has 1 saturated carbocycles. The third-order valence-electron chi connectivity index (χ3n) is 5.42. The van der Waals surface area contributed by atoms with Crippen LogP contribution in [0, 0.1) is 0 Å². The largest absolute Gasteiger partial charge is 0.489 e. The lowest BCUT2D eigenvalue weighted by Gasteiger charge is -2.43. The van der Waals surface area contributed by atoms with Crippen LogP contribution in [0.25, 0.3) is 0 Å². The number of hydrogen-bond acceptors (Lipinski definition) is 6.